The molecule has 0 aromatic carbocycles. The summed E-state index contributed by atoms with van der Waals surface area (Å²) in [5.74, 6) is 0.308. The molecule has 11 heavy (non-hydrogen) atoms. The van der Waals surface area contributed by atoms with Crippen LogP contribution in [0.15, 0.2) is 0 Å². The van der Waals surface area contributed by atoms with Gasteiger partial charge in [-0.3, -0.25) is 0 Å². The first-order valence-electron chi connectivity index (χ1n) is 2.31. The quantitative estimate of drug-likeness (QED) is 0.289. The standard InChI is InChI=1S/C3H9NO3S2.2Na/c1-4-2-3-8-9(5,6)7;;/h4H,2-3H2,1H3,(H-,5,6,7);;/q;2*+1/p-1. The number of hydrogen-bond donors (Lipinski definition) is 1. The predicted octanol–water partition coefficient (Wildman–Crippen LogP) is -7.24. The molecule has 0 rings (SSSR count). The molecular weight excluding hydrogens is 208 g/mol. The first-order chi connectivity index (χ1) is 4.06. The van der Waals surface area contributed by atoms with E-state index < -0.39 is 9.05 Å². The van der Waals surface area contributed by atoms with Crippen molar-refractivity contribution < 1.29 is 72.4 Å². The summed E-state index contributed by atoms with van der Waals surface area (Å²) >= 11 is 0. The van der Waals surface area contributed by atoms with Gasteiger partial charge in [-0.05, 0) is 7.05 Å². The Hall–Kier alpha value is 2.25. The molecule has 0 amide bonds. The summed E-state index contributed by atoms with van der Waals surface area (Å²) in [4.78, 5) is 0. The van der Waals surface area contributed by atoms with Gasteiger partial charge in [0, 0.05) is 0 Å². The third kappa shape index (κ3) is 18.9. The molecule has 0 saturated carbocycles. The second-order valence-electron chi connectivity index (χ2n) is 1.33. The Labute approximate surface area is 115 Å². The SMILES string of the molecule is CNCC[S+]=S(=O)([O-])[O-].[Na+].[Na+]. The number of hydrogen-bond acceptors (Lipinski definition) is 4. The second kappa shape index (κ2) is 10.3. The van der Waals surface area contributed by atoms with E-state index in [2.05, 4.69) is 5.32 Å². The Morgan fingerprint density at radius 3 is 2.18 bits per heavy atom. The summed E-state index contributed by atoms with van der Waals surface area (Å²) < 4.78 is 29.7. The van der Waals surface area contributed by atoms with Crippen LogP contribution in [0.2, 0.25) is 0 Å². The van der Waals surface area contributed by atoms with Crippen LogP contribution in [0.1, 0.15) is 0 Å². The van der Waals surface area contributed by atoms with Crippen molar-refractivity contribution in [1.82, 2.24) is 5.32 Å². The minimum atomic E-state index is -4.07. The van der Waals surface area contributed by atoms with Gasteiger partial charge in [-0.2, -0.15) is 0 Å². The topological polar surface area (TPSA) is 75.2 Å². The minimum absolute atomic E-state index is 0. The van der Waals surface area contributed by atoms with Gasteiger partial charge < -0.3 is 14.4 Å². The monoisotopic (exact) mass is 216 g/mol. The minimum Gasteiger partial charge on any atom is -0.746 e. The molecule has 8 heteroatoms. The molecule has 0 bridgehead atoms. The fraction of sp³-hybridized carbons (Fsp3) is 1.00. The van der Waals surface area contributed by atoms with E-state index >= 15 is 0 Å². The number of rotatable bonds is 3. The van der Waals surface area contributed by atoms with Crippen molar-refractivity contribution in [2.24, 2.45) is 0 Å². The van der Waals surface area contributed by atoms with Crippen molar-refractivity contribution in [3.63, 3.8) is 0 Å². The molecule has 4 nitrogen and oxygen atoms in total. The van der Waals surface area contributed by atoms with Crippen LogP contribution in [-0.2, 0) is 19.4 Å². The van der Waals surface area contributed by atoms with Crippen molar-refractivity contribution in [2.75, 3.05) is 19.3 Å². The maximum Gasteiger partial charge on any atom is 1.00 e. The average molecular weight is 216 g/mol. The van der Waals surface area contributed by atoms with E-state index in [0.29, 0.717) is 22.6 Å². The zero-order valence-electron chi connectivity index (χ0n) is 6.96. The van der Waals surface area contributed by atoms with Gasteiger partial charge in [0.05, 0.1) is 15.6 Å². The van der Waals surface area contributed by atoms with Crippen LogP contribution in [0.25, 0.3) is 0 Å². The average Bonchev–Trinajstić information content (AvgIpc) is 1.63. The van der Waals surface area contributed by atoms with Crippen LogP contribution in [0.3, 0.4) is 0 Å². The molecule has 0 fully saturated rings. The molecule has 0 aromatic rings. The normalized spacial score (nSPS) is 9.36. The van der Waals surface area contributed by atoms with E-state index in [0.717, 1.165) is 0 Å². The van der Waals surface area contributed by atoms with Gasteiger partial charge in [0.1, 0.15) is 0 Å². The van der Waals surface area contributed by atoms with Crippen LogP contribution in [-0.4, -0.2) is 32.7 Å². The molecule has 56 valence electrons. The van der Waals surface area contributed by atoms with E-state index in [-0.39, 0.29) is 59.1 Å². The zero-order valence-corrected chi connectivity index (χ0v) is 12.6. The molecule has 0 spiro atoms. The van der Waals surface area contributed by atoms with Crippen LogP contribution >= 0.6 is 0 Å². The first-order valence-corrected chi connectivity index (χ1v) is 5.22. The molecule has 0 heterocycles. The molecule has 0 unspecified atom stereocenters. The molecule has 0 aromatic heterocycles. The first kappa shape index (κ1) is 18.9. The number of nitrogens with one attached hydrogen (secondary N) is 1. The molecule has 0 radical (unpaired) electrons. The summed E-state index contributed by atoms with van der Waals surface area (Å²) in [7, 11) is -1.96. The third-order valence-corrected chi connectivity index (χ3v) is 2.61. The largest absolute Gasteiger partial charge is 1.00 e. The fourth-order valence-electron chi connectivity index (χ4n) is 0.246. The van der Waals surface area contributed by atoms with Gasteiger partial charge in [-0.25, -0.2) is 4.21 Å². The van der Waals surface area contributed by atoms with E-state index in [4.69, 9.17) is 0 Å². The molecular formula is C3H8NNa2O3S2+. The van der Waals surface area contributed by atoms with Crippen LogP contribution in [0.5, 0.6) is 0 Å². The molecule has 0 aliphatic heterocycles. The summed E-state index contributed by atoms with van der Waals surface area (Å²) in [6, 6.07) is 0. The maximum absolute atomic E-state index is 9.89. The molecule has 0 saturated heterocycles. The summed E-state index contributed by atoms with van der Waals surface area (Å²) in [6.07, 6.45) is 0. The van der Waals surface area contributed by atoms with Crippen LogP contribution in [0, 0.1) is 0 Å². The van der Waals surface area contributed by atoms with Crippen molar-refractivity contribution >= 4 is 19.4 Å². The van der Waals surface area contributed by atoms with Crippen molar-refractivity contribution in [3.05, 3.63) is 0 Å². The Kier molecular flexibility index (Phi) is 17.8. The van der Waals surface area contributed by atoms with Gasteiger partial charge in [0.25, 0.3) is 0 Å². The summed E-state index contributed by atoms with van der Waals surface area (Å²) in [6.45, 7) is 0.534. The third-order valence-electron chi connectivity index (χ3n) is 0.580. The maximum atomic E-state index is 9.89. The Morgan fingerprint density at radius 2 is 1.91 bits per heavy atom. The predicted molar refractivity (Wildman–Crippen MR) is 35.9 cm³/mol. The van der Waals surface area contributed by atoms with Crippen LogP contribution < -0.4 is 64.4 Å². The Bertz CT molecular complexity index is 171. The fourth-order valence-corrected chi connectivity index (χ4v) is 1.60. The van der Waals surface area contributed by atoms with Crippen molar-refractivity contribution in [1.29, 1.82) is 0 Å². The van der Waals surface area contributed by atoms with E-state index in [1.165, 1.54) is 0 Å². The summed E-state index contributed by atoms with van der Waals surface area (Å²) in [5, 5.41) is 2.72. The van der Waals surface area contributed by atoms with E-state index in [1.807, 2.05) is 0 Å². The molecule has 0 aliphatic carbocycles. The zero-order chi connectivity index (χ0) is 7.33. The van der Waals surface area contributed by atoms with Gasteiger partial charge >= 0.3 is 59.1 Å². The van der Waals surface area contributed by atoms with Gasteiger partial charge in [-0.1, -0.05) is 0 Å². The Balaban J connectivity index is -0.000000320. The molecule has 1 N–H and O–H groups in total. The van der Waals surface area contributed by atoms with E-state index in [1.54, 1.807) is 7.05 Å². The second-order valence-corrected chi connectivity index (χ2v) is 4.73. The molecule has 0 atom stereocenters. The molecule has 0 aliphatic rings. The van der Waals surface area contributed by atoms with E-state index in [9.17, 15) is 13.3 Å². The van der Waals surface area contributed by atoms with Crippen molar-refractivity contribution in [2.45, 2.75) is 0 Å². The van der Waals surface area contributed by atoms with Gasteiger partial charge in [0.15, 0.2) is 5.75 Å². The Morgan fingerprint density at radius 1 is 1.45 bits per heavy atom. The van der Waals surface area contributed by atoms with Crippen LogP contribution in [0.4, 0.5) is 0 Å². The van der Waals surface area contributed by atoms with Gasteiger partial charge in [0.2, 0.25) is 10.3 Å². The van der Waals surface area contributed by atoms with Gasteiger partial charge in [-0.15, -0.1) is 0 Å². The van der Waals surface area contributed by atoms with Crippen molar-refractivity contribution in [3.8, 4) is 0 Å². The smallest absolute Gasteiger partial charge is 0.746 e. The summed E-state index contributed by atoms with van der Waals surface area (Å²) in [5.41, 5.74) is 0.